The van der Waals surface area contributed by atoms with E-state index < -0.39 is 0 Å². The van der Waals surface area contributed by atoms with Gasteiger partial charge in [-0.2, -0.15) is 0 Å². The minimum Gasteiger partial charge on any atom is -0.282 e. The summed E-state index contributed by atoms with van der Waals surface area (Å²) in [7, 11) is 0. The monoisotopic (exact) mass is 431 g/mol. The van der Waals surface area contributed by atoms with Gasteiger partial charge in [-0.05, 0) is 86.5 Å². The Labute approximate surface area is 187 Å². The molecule has 4 saturated carbocycles. The third-order valence-corrected chi connectivity index (χ3v) is 8.93. The molecule has 7 rings (SSSR count). The van der Waals surface area contributed by atoms with Crippen LogP contribution in [0.4, 0.5) is 5.13 Å². The fraction of sp³-hybridized carbons (Fsp3) is 0.500. The van der Waals surface area contributed by atoms with E-state index in [0.29, 0.717) is 12.5 Å². The Balaban J connectivity index is 1.42. The van der Waals surface area contributed by atoms with Crippen LogP contribution in [0.3, 0.4) is 0 Å². The molecule has 1 aromatic carbocycles. The number of aromatic nitrogens is 2. The van der Waals surface area contributed by atoms with Gasteiger partial charge in [-0.3, -0.25) is 14.7 Å². The van der Waals surface area contributed by atoms with Gasteiger partial charge in [-0.25, -0.2) is 4.98 Å². The number of hydrogen-bond acceptors (Lipinski definition) is 4. The second-order valence-corrected chi connectivity index (χ2v) is 11.0. The number of rotatable bonds is 5. The van der Waals surface area contributed by atoms with E-state index in [9.17, 15) is 4.79 Å². The van der Waals surface area contributed by atoms with Crippen molar-refractivity contribution >= 4 is 32.6 Å². The van der Waals surface area contributed by atoms with Crippen LogP contribution in [0.2, 0.25) is 0 Å². The molecule has 2 aromatic heterocycles. The SMILES string of the molecule is CCc1cccc2sc(N(Cc3ccccn3)C(=O)C34CC5CC(CC(C5)C3)C4)nc12. The summed E-state index contributed by atoms with van der Waals surface area (Å²) in [4.78, 5) is 25.9. The number of anilines is 1. The van der Waals surface area contributed by atoms with E-state index in [2.05, 4.69) is 30.1 Å². The highest BCUT2D eigenvalue weighted by Gasteiger charge is 2.56. The Hall–Kier alpha value is -2.27. The van der Waals surface area contributed by atoms with E-state index in [1.807, 2.05) is 29.3 Å². The molecule has 0 spiro atoms. The summed E-state index contributed by atoms with van der Waals surface area (Å²) in [6.07, 6.45) is 10.0. The van der Waals surface area contributed by atoms with Crippen molar-refractivity contribution in [1.82, 2.24) is 9.97 Å². The lowest BCUT2D eigenvalue weighted by molar-refractivity contribution is -0.143. The zero-order valence-electron chi connectivity index (χ0n) is 18.1. The first-order valence-corrected chi connectivity index (χ1v) is 12.6. The van der Waals surface area contributed by atoms with Crippen molar-refractivity contribution in [2.75, 3.05) is 4.90 Å². The van der Waals surface area contributed by atoms with E-state index in [1.165, 1.54) is 29.5 Å². The van der Waals surface area contributed by atoms with Gasteiger partial charge < -0.3 is 0 Å². The zero-order valence-corrected chi connectivity index (χ0v) is 18.9. The second kappa shape index (κ2) is 7.40. The number of amides is 1. The van der Waals surface area contributed by atoms with E-state index in [0.717, 1.165) is 59.8 Å². The molecular weight excluding hydrogens is 402 g/mol. The first-order chi connectivity index (χ1) is 15.1. The fourth-order valence-corrected chi connectivity index (χ4v) is 7.94. The first-order valence-electron chi connectivity index (χ1n) is 11.7. The molecule has 0 saturated heterocycles. The van der Waals surface area contributed by atoms with Gasteiger partial charge in [0.05, 0.1) is 27.9 Å². The van der Waals surface area contributed by atoms with Crippen LogP contribution in [0.5, 0.6) is 0 Å². The number of hydrogen-bond donors (Lipinski definition) is 0. The number of carbonyl (C=O) groups excluding carboxylic acids is 1. The molecule has 2 heterocycles. The Bertz CT molecular complexity index is 1090. The van der Waals surface area contributed by atoms with Crippen LogP contribution < -0.4 is 4.90 Å². The second-order valence-electron chi connectivity index (χ2n) is 10.0. The van der Waals surface area contributed by atoms with Crippen molar-refractivity contribution in [3.8, 4) is 0 Å². The highest BCUT2D eigenvalue weighted by Crippen LogP contribution is 2.60. The molecule has 4 fully saturated rings. The molecule has 160 valence electrons. The van der Waals surface area contributed by atoms with Crippen LogP contribution in [0, 0.1) is 23.2 Å². The molecular formula is C26H29N3OS. The van der Waals surface area contributed by atoms with Gasteiger partial charge in [0, 0.05) is 6.20 Å². The standard InChI is InChI=1S/C26H29N3OS/c1-2-20-6-5-8-22-23(20)28-25(31-22)29(16-21-7-3-4-9-27-21)24(30)26-13-17-10-18(14-26)12-19(11-17)15-26/h3-9,17-19H,2,10-16H2,1H3. The summed E-state index contributed by atoms with van der Waals surface area (Å²) in [5.74, 6) is 2.53. The minimum atomic E-state index is -0.186. The summed E-state index contributed by atoms with van der Waals surface area (Å²) in [6.45, 7) is 2.67. The summed E-state index contributed by atoms with van der Waals surface area (Å²) < 4.78 is 1.17. The summed E-state index contributed by atoms with van der Waals surface area (Å²) in [5.41, 5.74) is 3.04. The lowest BCUT2D eigenvalue weighted by atomic mass is 9.49. The number of pyridine rings is 1. The van der Waals surface area contributed by atoms with Gasteiger partial charge in [0.1, 0.15) is 0 Å². The predicted molar refractivity (Wildman–Crippen MR) is 125 cm³/mol. The van der Waals surface area contributed by atoms with Crippen LogP contribution in [0.25, 0.3) is 10.2 Å². The maximum atomic E-state index is 14.3. The molecule has 0 atom stereocenters. The molecule has 0 aliphatic heterocycles. The lowest BCUT2D eigenvalue weighted by Crippen LogP contribution is -2.54. The van der Waals surface area contributed by atoms with Gasteiger partial charge in [0.15, 0.2) is 5.13 Å². The Kier molecular flexibility index (Phi) is 4.64. The maximum absolute atomic E-state index is 14.3. The molecule has 4 aliphatic rings. The third kappa shape index (κ3) is 3.29. The van der Waals surface area contributed by atoms with E-state index >= 15 is 0 Å². The lowest BCUT2D eigenvalue weighted by Gasteiger charge is -2.56. The highest BCUT2D eigenvalue weighted by atomic mass is 32.1. The summed E-state index contributed by atoms with van der Waals surface area (Å²) >= 11 is 1.65. The smallest absolute Gasteiger partial charge is 0.235 e. The fourth-order valence-electron chi connectivity index (χ4n) is 6.93. The largest absolute Gasteiger partial charge is 0.282 e. The van der Waals surface area contributed by atoms with Crippen LogP contribution in [0.15, 0.2) is 42.6 Å². The molecule has 4 aliphatic carbocycles. The molecule has 1 amide bonds. The van der Waals surface area contributed by atoms with Crippen molar-refractivity contribution in [2.24, 2.45) is 23.2 Å². The number of aryl methyl sites for hydroxylation is 1. The van der Waals surface area contributed by atoms with Crippen LogP contribution in [-0.4, -0.2) is 15.9 Å². The molecule has 31 heavy (non-hydrogen) atoms. The maximum Gasteiger partial charge on any atom is 0.235 e. The summed E-state index contributed by atoms with van der Waals surface area (Å²) in [6, 6.07) is 12.3. The van der Waals surface area contributed by atoms with Crippen molar-refractivity contribution in [2.45, 2.75) is 58.4 Å². The van der Waals surface area contributed by atoms with E-state index in [-0.39, 0.29) is 5.41 Å². The zero-order chi connectivity index (χ0) is 21.0. The summed E-state index contributed by atoms with van der Waals surface area (Å²) in [5, 5.41) is 0.835. The van der Waals surface area contributed by atoms with Gasteiger partial charge >= 0.3 is 0 Å². The highest BCUT2D eigenvalue weighted by molar-refractivity contribution is 7.22. The van der Waals surface area contributed by atoms with E-state index in [4.69, 9.17) is 4.98 Å². The average molecular weight is 432 g/mol. The molecule has 5 heteroatoms. The molecule has 4 nitrogen and oxygen atoms in total. The van der Waals surface area contributed by atoms with Gasteiger partial charge in [0.25, 0.3) is 0 Å². The number of carbonyl (C=O) groups is 1. The molecule has 4 bridgehead atoms. The average Bonchev–Trinajstić information content (AvgIpc) is 3.21. The van der Waals surface area contributed by atoms with Crippen LogP contribution in [-0.2, 0) is 17.8 Å². The molecule has 0 unspecified atom stereocenters. The molecule has 3 aromatic rings. The normalized spacial score (nSPS) is 28.9. The topological polar surface area (TPSA) is 46.1 Å². The Morgan fingerprint density at radius 1 is 1.06 bits per heavy atom. The number of nitrogens with zero attached hydrogens (tertiary/aromatic N) is 3. The van der Waals surface area contributed by atoms with Crippen molar-refractivity contribution in [1.29, 1.82) is 0 Å². The number of fused-ring (bicyclic) bond motifs is 1. The van der Waals surface area contributed by atoms with Crippen molar-refractivity contribution in [3.05, 3.63) is 53.9 Å². The van der Waals surface area contributed by atoms with Crippen molar-refractivity contribution in [3.63, 3.8) is 0 Å². The third-order valence-electron chi connectivity index (χ3n) is 7.89. The molecule has 0 radical (unpaired) electrons. The van der Waals surface area contributed by atoms with Crippen LogP contribution in [0.1, 0.15) is 56.7 Å². The Morgan fingerprint density at radius 2 is 1.81 bits per heavy atom. The van der Waals surface area contributed by atoms with Gasteiger partial charge in [0.2, 0.25) is 5.91 Å². The Morgan fingerprint density at radius 3 is 2.45 bits per heavy atom. The van der Waals surface area contributed by atoms with E-state index in [1.54, 1.807) is 11.3 Å². The number of para-hydroxylation sites is 1. The van der Waals surface area contributed by atoms with Gasteiger partial charge in [-0.1, -0.05) is 36.5 Å². The predicted octanol–water partition coefficient (Wildman–Crippen LogP) is 6.00. The van der Waals surface area contributed by atoms with Gasteiger partial charge in [-0.15, -0.1) is 0 Å². The number of thiazole rings is 1. The quantitative estimate of drug-likeness (QED) is 0.497. The molecule has 0 N–H and O–H groups in total. The minimum absolute atomic E-state index is 0.186. The van der Waals surface area contributed by atoms with Crippen LogP contribution >= 0.6 is 11.3 Å². The van der Waals surface area contributed by atoms with Crippen molar-refractivity contribution < 1.29 is 4.79 Å². The first kappa shape index (κ1) is 19.4. The number of benzene rings is 1.